The van der Waals surface area contributed by atoms with Gasteiger partial charge >= 0.3 is 0 Å². The Balaban J connectivity index is 1.34. The molecule has 2 aromatic rings. The van der Waals surface area contributed by atoms with Gasteiger partial charge in [-0.05, 0) is 36.6 Å². The molecule has 36 heavy (non-hydrogen) atoms. The van der Waals surface area contributed by atoms with Gasteiger partial charge in [0, 0.05) is 62.7 Å². The Kier molecular flexibility index (Phi) is 6.32. The molecule has 4 aliphatic rings. The molecule has 6 rings (SSSR count). The minimum Gasteiger partial charge on any atom is -0.493 e. The third-order valence-electron chi connectivity index (χ3n) is 7.44. The van der Waals surface area contributed by atoms with E-state index in [0.29, 0.717) is 38.6 Å². The van der Waals surface area contributed by atoms with E-state index >= 15 is 0 Å². The van der Waals surface area contributed by atoms with Crippen molar-refractivity contribution >= 4 is 23.6 Å². The fourth-order valence-electron chi connectivity index (χ4n) is 5.37. The Morgan fingerprint density at radius 2 is 2.17 bits per heavy atom. The molecule has 0 saturated carbocycles. The SMILES string of the molecule is CO[C@@H]1C[C@H]2COC3Nc4c(cnn4C=C3C)-c3cc(cc(OCC4CCOC4)c3)NCCN2C1=O. The number of anilines is 2. The van der Waals surface area contributed by atoms with Gasteiger partial charge in [-0.1, -0.05) is 0 Å². The first-order valence-electron chi connectivity index (χ1n) is 12.7. The van der Waals surface area contributed by atoms with E-state index in [1.54, 1.807) is 7.11 Å². The summed E-state index contributed by atoms with van der Waals surface area (Å²) in [7, 11) is 1.59. The molecule has 10 nitrogen and oxygen atoms in total. The lowest BCUT2D eigenvalue weighted by atomic mass is 10.1. The van der Waals surface area contributed by atoms with Gasteiger partial charge in [0.15, 0.2) is 6.23 Å². The zero-order valence-electron chi connectivity index (χ0n) is 20.7. The van der Waals surface area contributed by atoms with Crippen LogP contribution in [0.4, 0.5) is 11.5 Å². The molecule has 5 heterocycles. The van der Waals surface area contributed by atoms with E-state index in [4.69, 9.17) is 18.9 Å². The van der Waals surface area contributed by atoms with Gasteiger partial charge in [0.25, 0.3) is 5.91 Å². The van der Waals surface area contributed by atoms with Crippen molar-refractivity contribution in [1.29, 1.82) is 0 Å². The van der Waals surface area contributed by atoms with E-state index in [0.717, 1.165) is 53.6 Å². The van der Waals surface area contributed by atoms with Crippen LogP contribution < -0.4 is 15.4 Å². The van der Waals surface area contributed by atoms with Gasteiger partial charge in [0.1, 0.15) is 17.7 Å². The molecule has 10 heteroatoms. The molecule has 1 aromatic carbocycles. The summed E-state index contributed by atoms with van der Waals surface area (Å²) in [5.41, 5.74) is 3.91. The summed E-state index contributed by atoms with van der Waals surface area (Å²) in [5, 5.41) is 11.6. The number of methoxy groups -OCH3 is 1. The molecule has 1 amide bonds. The number of rotatable bonds is 4. The molecule has 192 valence electrons. The van der Waals surface area contributed by atoms with E-state index in [9.17, 15) is 4.79 Å². The van der Waals surface area contributed by atoms with E-state index < -0.39 is 6.10 Å². The molecule has 2 unspecified atom stereocenters. The highest BCUT2D eigenvalue weighted by atomic mass is 16.5. The number of ether oxygens (including phenoxy) is 4. The van der Waals surface area contributed by atoms with E-state index in [1.807, 2.05) is 35.0 Å². The van der Waals surface area contributed by atoms with Crippen LogP contribution in [-0.4, -0.2) is 85.6 Å². The molecular formula is C26H33N5O5. The molecule has 2 saturated heterocycles. The van der Waals surface area contributed by atoms with Crippen molar-refractivity contribution in [3.63, 3.8) is 0 Å². The van der Waals surface area contributed by atoms with Crippen molar-refractivity contribution in [3.05, 3.63) is 30.0 Å². The molecule has 0 spiro atoms. The zero-order chi connectivity index (χ0) is 24.6. The average molecular weight is 496 g/mol. The van der Waals surface area contributed by atoms with Gasteiger partial charge in [-0.3, -0.25) is 4.79 Å². The standard InChI is InChI=1S/C26H33N5O5/c1-16-12-31-24-22(11-28-31)18-7-19(9-21(8-18)35-14-17-3-6-34-13-17)27-4-5-30-20(15-36-25(16)29-24)10-23(33-2)26(30)32/h7-9,11-12,17,20,23,25,27,29H,3-6,10,13-15H2,1-2H3/t17?,20-,23+,25?/m0/s1. The first kappa shape index (κ1) is 23.3. The van der Waals surface area contributed by atoms with Crippen molar-refractivity contribution in [1.82, 2.24) is 14.7 Å². The van der Waals surface area contributed by atoms with Crippen LogP contribution >= 0.6 is 0 Å². The van der Waals surface area contributed by atoms with Crippen molar-refractivity contribution < 1.29 is 23.7 Å². The number of hydrogen-bond donors (Lipinski definition) is 2. The quantitative estimate of drug-likeness (QED) is 0.668. The number of amides is 1. The second-order valence-electron chi connectivity index (χ2n) is 9.94. The highest BCUT2D eigenvalue weighted by Crippen LogP contribution is 2.37. The Morgan fingerprint density at radius 3 is 3.00 bits per heavy atom. The van der Waals surface area contributed by atoms with Crippen LogP contribution in [0.1, 0.15) is 19.8 Å². The number of carbonyl (C=O) groups excluding carboxylic acids is 1. The first-order chi connectivity index (χ1) is 17.6. The van der Waals surface area contributed by atoms with Crippen LogP contribution in [-0.2, 0) is 19.0 Å². The minimum atomic E-state index is -0.429. The van der Waals surface area contributed by atoms with Gasteiger partial charge in [-0.15, -0.1) is 0 Å². The fourth-order valence-corrected chi connectivity index (χ4v) is 5.37. The average Bonchev–Trinajstić information content (AvgIpc) is 3.61. The zero-order valence-corrected chi connectivity index (χ0v) is 20.7. The third kappa shape index (κ3) is 4.44. The molecule has 0 aliphatic carbocycles. The first-order valence-corrected chi connectivity index (χ1v) is 12.7. The van der Waals surface area contributed by atoms with Crippen LogP contribution in [0.2, 0.25) is 0 Å². The predicted octanol–water partition coefficient (Wildman–Crippen LogP) is 2.64. The summed E-state index contributed by atoms with van der Waals surface area (Å²) in [5.74, 6) is 2.08. The second-order valence-corrected chi connectivity index (χ2v) is 9.94. The number of nitrogens with one attached hydrogen (secondary N) is 2. The van der Waals surface area contributed by atoms with E-state index in [-0.39, 0.29) is 18.2 Å². The summed E-state index contributed by atoms with van der Waals surface area (Å²) in [6.07, 6.45) is 4.75. The number of fused-ring (bicyclic) bond motifs is 5. The Bertz CT molecular complexity index is 1160. The lowest BCUT2D eigenvalue weighted by Gasteiger charge is -2.30. The van der Waals surface area contributed by atoms with Crippen LogP contribution in [0.25, 0.3) is 17.3 Å². The number of hydrogen-bond acceptors (Lipinski definition) is 8. The van der Waals surface area contributed by atoms with E-state index in [1.165, 1.54) is 0 Å². The van der Waals surface area contributed by atoms with Crippen molar-refractivity contribution in [3.8, 4) is 16.9 Å². The van der Waals surface area contributed by atoms with E-state index in [2.05, 4.69) is 27.9 Å². The number of aromatic nitrogens is 2. The van der Waals surface area contributed by atoms with Gasteiger partial charge in [0.05, 0.1) is 32.1 Å². The largest absolute Gasteiger partial charge is 0.493 e. The van der Waals surface area contributed by atoms with Gasteiger partial charge in [0.2, 0.25) is 0 Å². The van der Waals surface area contributed by atoms with Crippen LogP contribution in [0, 0.1) is 5.92 Å². The maximum atomic E-state index is 13.0. The minimum absolute atomic E-state index is 0.0146. The fraction of sp³-hybridized carbons (Fsp3) is 0.538. The summed E-state index contributed by atoms with van der Waals surface area (Å²) in [6, 6.07) is 6.12. The lowest BCUT2D eigenvalue weighted by molar-refractivity contribution is -0.137. The molecule has 1 aromatic heterocycles. The van der Waals surface area contributed by atoms with Crippen LogP contribution in [0.3, 0.4) is 0 Å². The van der Waals surface area contributed by atoms with Crippen LogP contribution in [0.15, 0.2) is 30.0 Å². The summed E-state index contributed by atoms with van der Waals surface area (Å²) in [6.45, 7) is 5.76. The predicted molar refractivity (Wildman–Crippen MR) is 135 cm³/mol. The molecule has 4 atom stereocenters. The third-order valence-corrected chi connectivity index (χ3v) is 7.44. The van der Waals surface area contributed by atoms with Crippen LogP contribution in [0.5, 0.6) is 5.75 Å². The summed E-state index contributed by atoms with van der Waals surface area (Å²) < 4.78 is 25.3. The maximum Gasteiger partial charge on any atom is 0.252 e. The highest BCUT2D eigenvalue weighted by Gasteiger charge is 2.40. The summed E-state index contributed by atoms with van der Waals surface area (Å²) >= 11 is 0. The normalized spacial score (nSPS) is 27.6. The number of benzene rings is 1. The Labute approximate surface area is 210 Å². The molecule has 2 fully saturated rings. The molecular weight excluding hydrogens is 462 g/mol. The molecule has 0 radical (unpaired) electrons. The molecule has 2 N–H and O–H groups in total. The highest BCUT2D eigenvalue weighted by molar-refractivity contribution is 5.84. The van der Waals surface area contributed by atoms with Gasteiger partial charge in [-0.2, -0.15) is 5.10 Å². The van der Waals surface area contributed by atoms with Crippen molar-refractivity contribution in [2.45, 2.75) is 38.1 Å². The molecule has 4 aliphatic heterocycles. The maximum absolute atomic E-state index is 13.0. The number of nitrogens with zero attached hydrogens (tertiary/aromatic N) is 3. The lowest BCUT2D eigenvalue weighted by Crippen LogP contribution is -2.42. The van der Waals surface area contributed by atoms with Gasteiger partial charge in [-0.25, -0.2) is 4.68 Å². The summed E-state index contributed by atoms with van der Waals surface area (Å²) in [4.78, 5) is 14.8. The second kappa shape index (κ2) is 9.76. The van der Waals surface area contributed by atoms with Gasteiger partial charge < -0.3 is 34.5 Å². The Hall–Kier alpha value is -3.08. The smallest absolute Gasteiger partial charge is 0.252 e. The topological polar surface area (TPSA) is 99.1 Å². The van der Waals surface area contributed by atoms with Crippen molar-refractivity contribution in [2.24, 2.45) is 5.92 Å². The monoisotopic (exact) mass is 495 g/mol. The van der Waals surface area contributed by atoms with Crippen molar-refractivity contribution in [2.75, 3.05) is 57.3 Å². The Morgan fingerprint density at radius 1 is 1.25 bits per heavy atom. The number of carbonyl (C=O) groups is 1. The molecule has 4 bridgehead atoms.